The minimum Gasteiger partial charge on any atom is -0.462 e. The molecule has 0 aliphatic heterocycles. The number of carbonyl (C=O) groups excluding carboxylic acids is 2. The van der Waals surface area contributed by atoms with E-state index in [-0.39, 0.29) is 25.4 Å². The van der Waals surface area contributed by atoms with Crippen LogP contribution in [-0.2, 0) is 32.7 Å². The molecule has 0 fully saturated rings. The molecule has 0 saturated carbocycles. The molecule has 0 saturated heterocycles. The number of hydrogen-bond donors (Lipinski definition) is 1. The molecular formula is C47H85O8P. The van der Waals surface area contributed by atoms with Gasteiger partial charge in [0.05, 0.1) is 6.61 Å². The third kappa shape index (κ3) is 41.6. The number of allylic oxidation sites excluding steroid dienone is 8. The van der Waals surface area contributed by atoms with Gasteiger partial charge < -0.3 is 14.4 Å². The number of ether oxygens (including phenoxy) is 2. The Morgan fingerprint density at radius 3 is 1.29 bits per heavy atom. The molecule has 56 heavy (non-hydrogen) atoms. The molecule has 9 heteroatoms. The molecule has 8 nitrogen and oxygen atoms in total. The van der Waals surface area contributed by atoms with Crippen LogP contribution in [0.5, 0.6) is 0 Å². The first-order valence-electron chi connectivity index (χ1n) is 22.8. The maximum atomic E-state index is 12.5. The van der Waals surface area contributed by atoms with E-state index in [9.17, 15) is 19.0 Å². The van der Waals surface area contributed by atoms with Gasteiger partial charge >= 0.3 is 19.8 Å². The van der Waals surface area contributed by atoms with Crippen molar-refractivity contribution in [1.29, 1.82) is 0 Å². The van der Waals surface area contributed by atoms with Crippen LogP contribution in [0.4, 0.5) is 0 Å². The molecule has 0 aromatic heterocycles. The van der Waals surface area contributed by atoms with Crippen molar-refractivity contribution in [3.05, 3.63) is 48.6 Å². The van der Waals surface area contributed by atoms with Crippen LogP contribution >= 0.6 is 7.82 Å². The number of esters is 2. The third-order valence-corrected chi connectivity index (χ3v) is 10.7. The number of phosphoric ester groups is 1. The van der Waals surface area contributed by atoms with Crippen molar-refractivity contribution in [2.75, 3.05) is 20.3 Å². The van der Waals surface area contributed by atoms with E-state index < -0.39 is 26.5 Å². The van der Waals surface area contributed by atoms with Crippen LogP contribution in [0, 0.1) is 0 Å². The molecule has 0 aromatic carbocycles. The first-order valence-corrected chi connectivity index (χ1v) is 24.3. The average Bonchev–Trinajstić information content (AvgIpc) is 3.19. The van der Waals surface area contributed by atoms with Crippen molar-refractivity contribution >= 4 is 19.8 Å². The van der Waals surface area contributed by atoms with Gasteiger partial charge in [0.2, 0.25) is 0 Å². The van der Waals surface area contributed by atoms with Gasteiger partial charge in [-0.05, 0) is 77.0 Å². The average molecular weight is 809 g/mol. The van der Waals surface area contributed by atoms with Crippen LogP contribution in [0.15, 0.2) is 48.6 Å². The Balaban J connectivity index is 3.98. The summed E-state index contributed by atoms with van der Waals surface area (Å²) in [5.41, 5.74) is 0. The van der Waals surface area contributed by atoms with E-state index in [1.807, 2.05) is 0 Å². The number of hydrogen-bond acceptors (Lipinski definition) is 7. The zero-order valence-electron chi connectivity index (χ0n) is 36.3. The second-order valence-corrected chi connectivity index (χ2v) is 16.7. The standard InChI is InChI=1S/C47H85O8P/c1-4-6-8-10-12-14-16-18-20-22-24-26-28-30-32-34-36-38-40-42-47(49)55-45(44-54-56(50,51)52-3)43-53-46(48)41-39-37-35-33-31-29-27-25-23-21-19-17-15-13-11-9-7-5-2/h12,14-15,17-18,20-21,23,45H,4-11,13,16,19,22,24-44H2,1-3H3,(H,50,51)/b14-12-,17-15-,20-18-,23-21-. The maximum Gasteiger partial charge on any atom is 0.472 e. The highest BCUT2D eigenvalue weighted by Crippen LogP contribution is 2.42. The molecular weight excluding hydrogens is 723 g/mol. The quantitative estimate of drug-likeness (QED) is 0.0281. The Bertz CT molecular complexity index is 1050. The monoisotopic (exact) mass is 809 g/mol. The number of phosphoric acid groups is 1. The summed E-state index contributed by atoms with van der Waals surface area (Å²) < 4.78 is 32.0. The summed E-state index contributed by atoms with van der Waals surface area (Å²) in [7, 11) is -3.21. The van der Waals surface area contributed by atoms with Crippen molar-refractivity contribution in [3.8, 4) is 0 Å². The first kappa shape index (κ1) is 54.0. The van der Waals surface area contributed by atoms with Crippen molar-refractivity contribution < 1.29 is 37.6 Å². The molecule has 0 spiro atoms. The number of rotatable bonds is 42. The molecule has 2 unspecified atom stereocenters. The second-order valence-electron chi connectivity index (χ2n) is 15.2. The Hall–Kier alpha value is -1.99. The van der Waals surface area contributed by atoms with Crippen LogP contribution in [0.3, 0.4) is 0 Å². The topological polar surface area (TPSA) is 108 Å². The highest BCUT2D eigenvalue weighted by atomic mass is 31.2. The van der Waals surface area contributed by atoms with Gasteiger partial charge in [-0.1, -0.05) is 172 Å². The Kier molecular flexibility index (Phi) is 41.1. The lowest BCUT2D eigenvalue weighted by Crippen LogP contribution is -2.29. The molecule has 0 radical (unpaired) electrons. The molecule has 0 bridgehead atoms. The van der Waals surface area contributed by atoms with E-state index in [2.05, 4.69) is 67.0 Å². The molecule has 0 amide bonds. The van der Waals surface area contributed by atoms with E-state index in [0.717, 1.165) is 77.7 Å². The van der Waals surface area contributed by atoms with Gasteiger partial charge in [0, 0.05) is 20.0 Å². The summed E-state index contributed by atoms with van der Waals surface area (Å²) in [5, 5.41) is 0. The molecule has 1 N–H and O–H groups in total. The van der Waals surface area contributed by atoms with Crippen molar-refractivity contribution in [2.45, 2.75) is 219 Å². The van der Waals surface area contributed by atoms with Gasteiger partial charge in [0.15, 0.2) is 6.10 Å². The van der Waals surface area contributed by atoms with Crippen LogP contribution in [0.1, 0.15) is 213 Å². The third-order valence-electron chi connectivity index (χ3n) is 9.80. The number of carbonyl (C=O) groups is 2. The van der Waals surface area contributed by atoms with Crippen LogP contribution in [0.25, 0.3) is 0 Å². The normalized spacial score (nSPS) is 13.7. The van der Waals surface area contributed by atoms with Gasteiger partial charge in [-0.3, -0.25) is 18.6 Å². The fourth-order valence-corrected chi connectivity index (χ4v) is 6.71. The SMILES string of the molecule is CCCCC/C=C\C/C=C\CCCCCCCCCCCC(=O)OC(COC(=O)CCCCCCCCC/C=C\C/C=C\CCCCCC)COP(=O)(O)OC. The smallest absolute Gasteiger partial charge is 0.462 e. The fourth-order valence-electron chi connectivity index (χ4n) is 6.25. The van der Waals surface area contributed by atoms with E-state index >= 15 is 0 Å². The lowest BCUT2D eigenvalue weighted by molar-refractivity contribution is -0.161. The molecule has 0 aromatic rings. The highest BCUT2D eigenvalue weighted by molar-refractivity contribution is 7.47. The zero-order chi connectivity index (χ0) is 41.1. The van der Waals surface area contributed by atoms with Gasteiger partial charge in [-0.2, -0.15) is 0 Å². The summed E-state index contributed by atoms with van der Waals surface area (Å²) in [5.74, 6) is -0.815. The van der Waals surface area contributed by atoms with E-state index in [1.54, 1.807) is 0 Å². The van der Waals surface area contributed by atoms with E-state index in [1.165, 1.54) is 109 Å². The molecule has 0 heterocycles. The van der Waals surface area contributed by atoms with Gasteiger partial charge in [-0.15, -0.1) is 0 Å². The summed E-state index contributed by atoms with van der Waals surface area (Å²) in [6.07, 6.45) is 51.6. The van der Waals surface area contributed by atoms with Gasteiger partial charge in [-0.25, -0.2) is 4.57 Å². The molecule has 326 valence electrons. The summed E-state index contributed by atoms with van der Waals surface area (Å²) in [6.45, 7) is 3.85. The molecule has 0 aliphatic carbocycles. The Morgan fingerprint density at radius 2 is 0.857 bits per heavy atom. The van der Waals surface area contributed by atoms with E-state index in [0.29, 0.717) is 6.42 Å². The molecule has 0 aliphatic rings. The highest BCUT2D eigenvalue weighted by Gasteiger charge is 2.24. The van der Waals surface area contributed by atoms with Gasteiger partial charge in [0.1, 0.15) is 6.61 Å². The Morgan fingerprint density at radius 1 is 0.500 bits per heavy atom. The summed E-state index contributed by atoms with van der Waals surface area (Å²) in [6, 6.07) is 0. The largest absolute Gasteiger partial charge is 0.472 e. The van der Waals surface area contributed by atoms with Crippen LogP contribution in [0.2, 0.25) is 0 Å². The van der Waals surface area contributed by atoms with Gasteiger partial charge in [0.25, 0.3) is 0 Å². The van der Waals surface area contributed by atoms with Crippen LogP contribution in [-0.4, -0.2) is 43.3 Å². The minimum absolute atomic E-state index is 0.231. The molecule has 0 rings (SSSR count). The fraction of sp³-hybridized carbons (Fsp3) is 0.787. The molecule has 2 atom stereocenters. The zero-order valence-corrected chi connectivity index (χ0v) is 37.2. The summed E-state index contributed by atoms with van der Waals surface area (Å²) >= 11 is 0. The first-order chi connectivity index (χ1) is 27.3. The predicted molar refractivity (Wildman–Crippen MR) is 235 cm³/mol. The predicted octanol–water partition coefficient (Wildman–Crippen LogP) is 14.6. The minimum atomic E-state index is -4.27. The number of unbranched alkanes of at least 4 members (excludes halogenated alkanes) is 23. The van der Waals surface area contributed by atoms with Crippen LogP contribution < -0.4 is 0 Å². The van der Waals surface area contributed by atoms with Crippen molar-refractivity contribution in [3.63, 3.8) is 0 Å². The summed E-state index contributed by atoms with van der Waals surface area (Å²) in [4.78, 5) is 34.5. The lowest BCUT2D eigenvalue weighted by atomic mass is 10.1. The van der Waals surface area contributed by atoms with Crippen molar-refractivity contribution in [2.24, 2.45) is 0 Å². The maximum absolute atomic E-state index is 12.5. The van der Waals surface area contributed by atoms with E-state index in [4.69, 9.17) is 14.0 Å². The Labute approximate surface area is 344 Å². The lowest BCUT2D eigenvalue weighted by Gasteiger charge is -2.19. The van der Waals surface area contributed by atoms with Crippen molar-refractivity contribution in [1.82, 2.24) is 0 Å². The second kappa shape index (κ2) is 42.6.